The average Bonchev–Trinajstić information content (AvgIpc) is 3.10. The number of benzene rings is 1. The number of anilines is 2. The molecule has 0 radical (unpaired) electrons. The predicted octanol–water partition coefficient (Wildman–Crippen LogP) is 4.47. The number of aromatic amines is 1. The number of imidazole rings is 1. The van der Waals surface area contributed by atoms with Gasteiger partial charge in [-0.15, -0.1) is 4.48 Å². The first-order valence-electron chi connectivity index (χ1n) is 7.27. The van der Waals surface area contributed by atoms with Crippen molar-refractivity contribution in [3.05, 3.63) is 40.7 Å². The zero-order valence-corrected chi connectivity index (χ0v) is 17.8. The van der Waals surface area contributed by atoms with Gasteiger partial charge in [-0.25, -0.2) is 15.0 Å². The summed E-state index contributed by atoms with van der Waals surface area (Å²) in [6, 6.07) is 7.14. The molecule has 2 N–H and O–H groups in total. The highest BCUT2D eigenvalue weighted by molar-refractivity contribution is 9.13. The van der Waals surface area contributed by atoms with Gasteiger partial charge in [0.1, 0.15) is 15.6 Å². The van der Waals surface area contributed by atoms with Crippen LogP contribution in [0.1, 0.15) is 0 Å². The third-order valence-corrected chi connectivity index (χ3v) is 6.91. The van der Waals surface area contributed by atoms with Crippen molar-refractivity contribution in [2.45, 2.75) is 8.27 Å². The van der Waals surface area contributed by atoms with Gasteiger partial charge in [-0.2, -0.15) is 0 Å². The lowest BCUT2D eigenvalue weighted by Crippen LogP contribution is -2.26. The van der Waals surface area contributed by atoms with Crippen LogP contribution in [0.25, 0.3) is 11.2 Å². The molecule has 0 fully saturated rings. The molecule has 2 aromatic heterocycles. The van der Waals surface area contributed by atoms with Crippen LogP contribution in [0.4, 0.5) is 16.0 Å². The van der Waals surface area contributed by atoms with E-state index in [1.807, 2.05) is 0 Å². The minimum atomic E-state index is -2.00. The van der Waals surface area contributed by atoms with Gasteiger partial charge in [-0.1, -0.05) is 12.1 Å². The van der Waals surface area contributed by atoms with Crippen molar-refractivity contribution in [1.29, 1.82) is 0 Å². The Morgan fingerprint density at radius 2 is 2.21 bits per heavy atom. The first kappa shape index (κ1) is 20.9. The van der Waals surface area contributed by atoms with Crippen LogP contribution in [0, 0.1) is 10.1 Å². The second-order valence-corrected chi connectivity index (χ2v) is 9.92. The molecule has 28 heavy (non-hydrogen) atoms. The number of hydrogen-bond acceptors (Lipinski definition) is 10. The van der Waals surface area contributed by atoms with Crippen molar-refractivity contribution in [2.75, 3.05) is 12.4 Å². The van der Waals surface area contributed by atoms with E-state index in [4.69, 9.17) is 16.5 Å². The van der Waals surface area contributed by atoms with E-state index in [0.29, 0.717) is 34.5 Å². The minimum absolute atomic E-state index is 0.000361. The molecular formula is C13H10BrClFN7O3S2. The van der Waals surface area contributed by atoms with Crippen molar-refractivity contribution < 1.29 is 13.5 Å². The fourth-order valence-corrected chi connectivity index (χ4v) is 4.46. The summed E-state index contributed by atoms with van der Waals surface area (Å²) in [7, 11) is 1.53. The van der Waals surface area contributed by atoms with Crippen LogP contribution in [-0.4, -0.2) is 39.1 Å². The minimum Gasteiger partial charge on any atom is -0.495 e. The number of para-hydroxylation sites is 2. The Bertz CT molecular complexity index is 1010. The number of fused-ring (bicyclic) bond motifs is 1. The highest BCUT2D eigenvalue weighted by atomic mass is 79.9. The molecule has 0 aliphatic rings. The lowest BCUT2D eigenvalue weighted by atomic mass is 10.3. The molecule has 1 atom stereocenters. The summed E-state index contributed by atoms with van der Waals surface area (Å²) in [4.78, 5) is 26.3. The highest BCUT2D eigenvalue weighted by Crippen LogP contribution is 2.50. The van der Waals surface area contributed by atoms with Crippen LogP contribution in [0.5, 0.6) is 5.75 Å². The van der Waals surface area contributed by atoms with Crippen LogP contribution in [0.3, 0.4) is 0 Å². The zero-order chi connectivity index (χ0) is 20.3. The lowest BCUT2D eigenvalue weighted by Gasteiger charge is -2.20. The molecule has 0 spiro atoms. The number of thioether (sulfide) groups is 1. The van der Waals surface area contributed by atoms with E-state index >= 15 is 0 Å². The number of ether oxygens (including phenoxy) is 1. The molecule has 0 aliphatic carbocycles. The Morgan fingerprint density at radius 1 is 1.46 bits per heavy atom. The Morgan fingerprint density at radius 3 is 2.89 bits per heavy atom. The normalized spacial score (nSPS) is 13.5. The van der Waals surface area contributed by atoms with E-state index < -0.39 is 7.44 Å². The number of alkyl halides is 1. The van der Waals surface area contributed by atoms with E-state index in [-0.39, 0.29) is 27.4 Å². The van der Waals surface area contributed by atoms with Crippen LogP contribution in [-0.2, 0) is 0 Å². The van der Waals surface area contributed by atoms with Crippen molar-refractivity contribution in [2.24, 2.45) is 0 Å². The Balaban J connectivity index is 2.00. The summed E-state index contributed by atoms with van der Waals surface area (Å²) in [5.41, 5.74) is 1.38. The van der Waals surface area contributed by atoms with Gasteiger partial charge in [0.15, 0.2) is 16.6 Å². The van der Waals surface area contributed by atoms with Gasteiger partial charge in [-0.3, -0.25) is 10.1 Å². The summed E-state index contributed by atoms with van der Waals surface area (Å²) < 4.78 is 15.8. The zero-order valence-electron chi connectivity index (χ0n) is 13.8. The molecule has 3 aromatic rings. The van der Waals surface area contributed by atoms with Crippen LogP contribution >= 0.6 is 51.4 Å². The number of halogens is 3. The standard InChI is InChI=1S/C13H10BrClFN7O3S2/c1-26-8-5-3-2-4-7(8)19-11-9-10(18-6-17-9)20-12(21-11)27-13(14,22(15)16)28-23(24)25/h2-6H,1H3,(H2,17,18,19,20,21). The fraction of sp³-hybridized carbons (Fsp3) is 0.154. The van der Waals surface area contributed by atoms with Gasteiger partial charge >= 0.3 is 0 Å². The second kappa shape index (κ2) is 8.65. The molecule has 1 aromatic carbocycles. The molecule has 148 valence electrons. The van der Waals surface area contributed by atoms with Gasteiger partial charge in [0.25, 0.3) is 15.1 Å². The Kier molecular flexibility index (Phi) is 6.44. The fourth-order valence-electron chi connectivity index (χ4n) is 2.11. The lowest BCUT2D eigenvalue weighted by molar-refractivity contribution is -0.286. The van der Waals surface area contributed by atoms with E-state index in [9.17, 15) is 14.6 Å². The van der Waals surface area contributed by atoms with Gasteiger partial charge in [0, 0.05) is 11.8 Å². The first-order chi connectivity index (χ1) is 13.3. The summed E-state index contributed by atoms with van der Waals surface area (Å²) in [6.45, 7) is 0. The summed E-state index contributed by atoms with van der Waals surface area (Å²) in [5.74, 6) is 0.882. The van der Waals surface area contributed by atoms with Crippen LogP contribution in [0.2, 0.25) is 0 Å². The van der Waals surface area contributed by atoms with Crippen molar-refractivity contribution in [1.82, 2.24) is 24.6 Å². The SMILES string of the molecule is COc1ccccc1Nc1nc(SC(Br)(S[N+](=O)[O-])N(F)Cl)nc2nc[nH]c12. The van der Waals surface area contributed by atoms with Gasteiger partial charge in [-0.05, 0) is 44.5 Å². The number of nitrogens with one attached hydrogen (secondary N) is 2. The molecule has 15 heteroatoms. The van der Waals surface area contributed by atoms with Crippen LogP contribution in [0.15, 0.2) is 35.7 Å². The quantitative estimate of drug-likeness (QED) is 0.0516. The molecule has 2 heterocycles. The van der Waals surface area contributed by atoms with Crippen LogP contribution < -0.4 is 10.1 Å². The third-order valence-electron chi connectivity index (χ3n) is 3.23. The Hall–Kier alpha value is -1.87. The predicted molar refractivity (Wildman–Crippen MR) is 109 cm³/mol. The average molecular weight is 511 g/mol. The maximum atomic E-state index is 13.7. The van der Waals surface area contributed by atoms with Crippen molar-refractivity contribution >= 4 is 74.1 Å². The molecule has 0 aliphatic heterocycles. The van der Waals surface area contributed by atoms with Crippen molar-refractivity contribution in [3.63, 3.8) is 0 Å². The second-order valence-electron chi connectivity index (χ2n) is 4.94. The molecule has 0 bridgehead atoms. The number of rotatable bonds is 8. The number of nitrogens with zero attached hydrogens (tertiary/aromatic N) is 5. The van der Waals surface area contributed by atoms with Gasteiger partial charge in [0.2, 0.25) is 0 Å². The molecule has 0 saturated heterocycles. The first-order valence-corrected chi connectivity index (χ1v) is 9.99. The smallest absolute Gasteiger partial charge is 0.289 e. The maximum absolute atomic E-state index is 13.7. The van der Waals surface area contributed by atoms with Gasteiger partial charge < -0.3 is 15.0 Å². The Labute approximate surface area is 179 Å². The number of H-pyrrole nitrogens is 1. The van der Waals surface area contributed by atoms with E-state index in [2.05, 4.69) is 41.2 Å². The highest BCUT2D eigenvalue weighted by Gasteiger charge is 2.46. The number of aromatic nitrogens is 4. The third kappa shape index (κ3) is 4.57. The topological polar surface area (TPSA) is 122 Å². The summed E-state index contributed by atoms with van der Waals surface area (Å²) in [5, 5.41) is 13.9. The van der Waals surface area contributed by atoms with E-state index in [0.717, 1.165) is 0 Å². The van der Waals surface area contributed by atoms with E-state index in [1.165, 1.54) is 13.4 Å². The molecule has 0 amide bonds. The maximum Gasteiger partial charge on any atom is 0.289 e. The van der Waals surface area contributed by atoms with E-state index in [1.54, 1.807) is 24.3 Å². The molecule has 0 saturated carbocycles. The van der Waals surface area contributed by atoms with Gasteiger partial charge in [0.05, 0.1) is 19.1 Å². The number of hydrogen-bond donors (Lipinski definition) is 2. The summed E-state index contributed by atoms with van der Waals surface area (Å²) in [6.07, 6.45) is 1.41. The number of nitro groups is 1. The molecular weight excluding hydrogens is 501 g/mol. The van der Waals surface area contributed by atoms with Crippen molar-refractivity contribution in [3.8, 4) is 5.75 Å². The summed E-state index contributed by atoms with van der Waals surface area (Å²) >= 11 is 8.85. The number of methoxy groups -OCH3 is 1. The molecule has 3 rings (SSSR count). The molecule has 10 nitrogen and oxygen atoms in total. The molecule has 1 unspecified atom stereocenters. The largest absolute Gasteiger partial charge is 0.495 e. The monoisotopic (exact) mass is 509 g/mol.